The molecule has 3 nitrogen and oxygen atoms in total. The zero-order valence-electron chi connectivity index (χ0n) is 21.4. The fourth-order valence-corrected chi connectivity index (χ4v) is 4.14. The summed E-state index contributed by atoms with van der Waals surface area (Å²) >= 11 is 0. The largest absolute Gasteiger partial charge is 0.501 e. The molecule has 6 rings (SSSR count). The summed E-state index contributed by atoms with van der Waals surface area (Å²) in [5, 5.41) is 2.26. The maximum atomic E-state index is 6.02. The number of nitrogens with zero attached hydrogens (tertiary/aromatic N) is 2. The van der Waals surface area contributed by atoms with E-state index >= 15 is 0 Å². The van der Waals surface area contributed by atoms with Crippen LogP contribution in [0.5, 0.6) is 0 Å². The van der Waals surface area contributed by atoms with Gasteiger partial charge in [-0.15, -0.1) is 53.6 Å². The molecule has 37 heavy (non-hydrogen) atoms. The van der Waals surface area contributed by atoms with Gasteiger partial charge in [-0.25, -0.2) is 0 Å². The molecule has 4 heteroatoms. The monoisotopic (exact) mass is 661 g/mol. The molecule has 0 unspecified atom stereocenters. The van der Waals surface area contributed by atoms with E-state index in [0.717, 1.165) is 44.5 Å². The van der Waals surface area contributed by atoms with Gasteiger partial charge in [0.05, 0.1) is 5.58 Å². The molecule has 3 aromatic heterocycles. The Morgan fingerprint density at radius 3 is 2.30 bits per heavy atom. The number of fused-ring (bicyclic) bond motifs is 3. The third-order valence-corrected chi connectivity index (χ3v) is 6.20. The molecule has 0 aliphatic rings. The minimum absolute atomic E-state index is 0. The maximum Gasteiger partial charge on any atom is 0.120 e. The van der Waals surface area contributed by atoms with Crippen molar-refractivity contribution >= 4 is 21.9 Å². The summed E-state index contributed by atoms with van der Waals surface area (Å²) in [6.45, 7) is 8.51. The van der Waals surface area contributed by atoms with Crippen LogP contribution in [0, 0.1) is 26.0 Å². The SMILES string of the molecule is Cc1ccc(-c2[c-]cc(C(C)C)cc2)nc1.Cc1ccc2oc3c(-c4ccccn4)[c-]ccc3c2c1.[Ir]. The topological polar surface area (TPSA) is 38.9 Å². The normalized spacial score (nSPS) is 10.7. The van der Waals surface area contributed by atoms with Gasteiger partial charge in [-0.05, 0) is 49.0 Å². The Morgan fingerprint density at radius 1 is 0.784 bits per heavy atom. The number of hydrogen-bond acceptors (Lipinski definition) is 3. The van der Waals surface area contributed by atoms with E-state index in [-0.39, 0.29) is 20.1 Å². The Bertz CT molecular complexity index is 1600. The van der Waals surface area contributed by atoms with Crippen molar-refractivity contribution in [1.29, 1.82) is 0 Å². The molecule has 0 aliphatic heterocycles. The molecule has 3 aromatic carbocycles. The number of hydrogen-bond donors (Lipinski definition) is 0. The summed E-state index contributed by atoms with van der Waals surface area (Å²) in [5.74, 6) is 0.552. The van der Waals surface area contributed by atoms with Crippen molar-refractivity contribution in [3.05, 3.63) is 120 Å². The van der Waals surface area contributed by atoms with Crippen molar-refractivity contribution in [1.82, 2.24) is 9.97 Å². The Hall–Kier alpha value is -3.59. The molecule has 0 amide bonds. The number of pyridine rings is 2. The summed E-state index contributed by atoms with van der Waals surface area (Å²) in [5.41, 5.74) is 9.33. The Morgan fingerprint density at radius 2 is 1.62 bits per heavy atom. The first-order valence-electron chi connectivity index (χ1n) is 12.2. The molecule has 0 aliphatic carbocycles. The van der Waals surface area contributed by atoms with E-state index < -0.39 is 0 Å². The summed E-state index contributed by atoms with van der Waals surface area (Å²) in [7, 11) is 0. The third kappa shape index (κ3) is 5.88. The predicted molar refractivity (Wildman–Crippen MR) is 148 cm³/mol. The van der Waals surface area contributed by atoms with Crippen LogP contribution in [-0.4, -0.2) is 9.97 Å². The standard InChI is InChI=1S/C18H12NO.C15H16N.Ir/c1-12-8-9-17-15(11-12)13-5-4-6-14(18(13)20-17)16-7-2-3-10-19-16;1-11(2)13-5-7-14(8-6-13)15-9-4-12(3)10-16-15;/h2-5,7-11H,1H3;4-7,9-11H,1-3H3;/q2*-1;. The second-order valence-corrected chi connectivity index (χ2v) is 9.32. The second-order valence-electron chi connectivity index (χ2n) is 9.32. The van der Waals surface area contributed by atoms with Crippen molar-refractivity contribution in [3.63, 3.8) is 0 Å². The summed E-state index contributed by atoms with van der Waals surface area (Å²) in [6.07, 6.45) is 3.67. The molecule has 187 valence electrons. The molecule has 0 saturated heterocycles. The maximum absolute atomic E-state index is 6.02. The van der Waals surface area contributed by atoms with Crippen LogP contribution in [0.15, 0.2) is 95.7 Å². The summed E-state index contributed by atoms with van der Waals surface area (Å²) < 4.78 is 6.02. The first-order chi connectivity index (χ1) is 17.5. The fraction of sp³-hybridized carbons (Fsp3) is 0.152. The second kappa shape index (κ2) is 11.6. The minimum Gasteiger partial charge on any atom is -0.501 e. The number of furan rings is 1. The molecular weight excluding hydrogens is 633 g/mol. The van der Waals surface area contributed by atoms with E-state index in [1.54, 1.807) is 6.20 Å². The van der Waals surface area contributed by atoms with Gasteiger partial charge in [-0.3, -0.25) is 0 Å². The van der Waals surface area contributed by atoms with Gasteiger partial charge in [0.1, 0.15) is 5.58 Å². The minimum atomic E-state index is 0. The van der Waals surface area contributed by atoms with Crippen molar-refractivity contribution in [2.24, 2.45) is 0 Å². The quantitative estimate of drug-likeness (QED) is 0.178. The Kier molecular flexibility index (Phi) is 8.33. The van der Waals surface area contributed by atoms with Crippen LogP contribution in [0.4, 0.5) is 0 Å². The predicted octanol–water partition coefficient (Wildman–Crippen LogP) is 8.73. The van der Waals surface area contributed by atoms with Crippen molar-refractivity contribution in [2.45, 2.75) is 33.6 Å². The van der Waals surface area contributed by atoms with Crippen LogP contribution < -0.4 is 0 Å². The molecule has 0 fully saturated rings. The Balaban J connectivity index is 0.000000173. The van der Waals surface area contributed by atoms with Gasteiger partial charge in [0, 0.05) is 37.9 Å². The molecule has 0 bridgehead atoms. The molecule has 0 spiro atoms. The van der Waals surface area contributed by atoms with Gasteiger partial charge < -0.3 is 14.4 Å². The molecular formula is C33H28IrN2O-2. The fourth-order valence-electron chi connectivity index (χ4n) is 4.14. The van der Waals surface area contributed by atoms with Gasteiger partial charge in [0.25, 0.3) is 0 Å². The molecule has 1 radical (unpaired) electrons. The van der Waals surface area contributed by atoms with Crippen LogP contribution >= 0.6 is 0 Å². The first kappa shape index (κ1) is 26.5. The van der Waals surface area contributed by atoms with Crippen LogP contribution in [0.3, 0.4) is 0 Å². The average Bonchev–Trinajstić information content (AvgIpc) is 3.28. The van der Waals surface area contributed by atoms with Crippen molar-refractivity contribution in [3.8, 4) is 22.5 Å². The van der Waals surface area contributed by atoms with Gasteiger partial charge in [-0.2, -0.15) is 0 Å². The number of rotatable bonds is 3. The molecule has 3 heterocycles. The van der Waals surface area contributed by atoms with Gasteiger partial charge >= 0.3 is 0 Å². The van der Waals surface area contributed by atoms with E-state index in [2.05, 4.69) is 79.3 Å². The van der Waals surface area contributed by atoms with Gasteiger partial charge in [-0.1, -0.05) is 66.6 Å². The molecule has 0 atom stereocenters. The summed E-state index contributed by atoms with van der Waals surface area (Å²) in [6, 6.07) is 33.0. The average molecular weight is 661 g/mol. The van der Waals surface area contributed by atoms with E-state index in [1.807, 2.05) is 55.6 Å². The smallest absolute Gasteiger partial charge is 0.120 e. The van der Waals surface area contributed by atoms with Crippen molar-refractivity contribution in [2.75, 3.05) is 0 Å². The number of aryl methyl sites for hydroxylation is 2. The first-order valence-corrected chi connectivity index (χ1v) is 12.2. The van der Waals surface area contributed by atoms with Crippen molar-refractivity contribution < 1.29 is 24.5 Å². The van der Waals surface area contributed by atoms with Gasteiger partial charge in [0.15, 0.2) is 0 Å². The van der Waals surface area contributed by atoms with Crippen LogP contribution in [0.1, 0.15) is 36.5 Å². The van der Waals surface area contributed by atoms with E-state index in [1.165, 1.54) is 16.7 Å². The van der Waals surface area contributed by atoms with E-state index in [0.29, 0.717) is 5.92 Å². The molecule has 0 saturated carbocycles. The number of benzene rings is 3. The third-order valence-electron chi connectivity index (χ3n) is 6.20. The van der Waals surface area contributed by atoms with Crippen LogP contribution in [-0.2, 0) is 20.1 Å². The Labute approximate surface area is 232 Å². The van der Waals surface area contributed by atoms with E-state index in [9.17, 15) is 0 Å². The zero-order valence-corrected chi connectivity index (χ0v) is 23.8. The molecule has 0 N–H and O–H groups in total. The number of aromatic nitrogens is 2. The van der Waals surface area contributed by atoms with Crippen LogP contribution in [0.25, 0.3) is 44.5 Å². The summed E-state index contributed by atoms with van der Waals surface area (Å²) in [4.78, 5) is 8.79. The van der Waals surface area contributed by atoms with Crippen LogP contribution in [0.2, 0.25) is 0 Å². The molecule has 6 aromatic rings. The van der Waals surface area contributed by atoms with E-state index in [4.69, 9.17) is 4.42 Å². The van der Waals surface area contributed by atoms with Gasteiger partial charge in [0.2, 0.25) is 0 Å². The zero-order chi connectivity index (χ0) is 25.1.